The summed E-state index contributed by atoms with van der Waals surface area (Å²) in [6, 6.07) is -0.515. The Morgan fingerprint density at radius 2 is 1.09 bits per heavy atom. The van der Waals surface area contributed by atoms with E-state index < -0.39 is 66.8 Å². The van der Waals surface area contributed by atoms with Crippen molar-refractivity contribution in [3.05, 3.63) is 28.5 Å². The minimum absolute atomic E-state index is 0.0524. The summed E-state index contributed by atoms with van der Waals surface area (Å²) in [5.74, 6) is -7.82. The number of aromatic nitrogens is 1. The Morgan fingerprint density at radius 3 is 1.53 bits per heavy atom. The molecule has 0 bridgehead atoms. The normalized spacial score (nSPS) is 15.6. The Labute approximate surface area is 378 Å². The van der Waals surface area contributed by atoms with Crippen LogP contribution >= 0.6 is 15.9 Å². The van der Waals surface area contributed by atoms with Crippen molar-refractivity contribution in [2.75, 3.05) is 91.6 Å². The predicted molar refractivity (Wildman–Crippen MR) is 228 cm³/mol. The maximum Gasteiger partial charge on any atom is 0.326 e. The van der Waals surface area contributed by atoms with Crippen LogP contribution in [0.2, 0.25) is 0 Å². The highest BCUT2D eigenvalue weighted by Gasteiger charge is 2.26. The predicted octanol–water partition coefficient (Wildman–Crippen LogP) is -0.825. The molecule has 2 rings (SSSR count). The first kappa shape index (κ1) is 54.6. The first-order valence-electron chi connectivity index (χ1n) is 20.7. The molecule has 1 aliphatic heterocycles. The van der Waals surface area contributed by atoms with Crippen molar-refractivity contribution in [2.24, 2.45) is 0 Å². The molecule has 0 aromatic carbocycles. The summed E-state index contributed by atoms with van der Waals surface area (Å²) in [4.78, 5) is 120. The van der Waals surface area contributed by atoms with Crippen LogP contribution in [0.5, 0.6) is 0 Å². The lowest BCUT2D eigenvalue weighted by atomic mass is 10.1. The van der Waals surface area contributed by atoms with Gasteiger partial charge >= 0.3 is 41.8 Å². The number of urea groups is 1. The number of carboxylic acid groups (broad SMARTS) is 6. The quantitative estimate of drug-likeness (QED) is 0.0384. The van der Waals surface area contributed by atoms with E-state index >= 15 is 0 Å². The van der Waals surface area contributed by atoms with Crippen molar-refractivity contribution < 1.29 is 73.8 Å². The van der Waals surface area contributed by atoms with Gasteiger partial charge in [-0.1, -0.05) is 6.07 Å². The van der Waals surface area contributed by atoms with Crippen LogP contribution in [-0.2, 0) is 44.9 Å². The Bertz CT molecular complexity index is 1690. The molecule has 4 amide bonds. The standard InChI is InChI=1S/C39H60BrN9O15/c40-30-9-7-27(21-42-30)22-49(12-4-2-5-28(37(60)61)43-39(64)44-29(38(62)63)8-10-33(52)53)32(51)6-1-3-11-41-31(50)23-45-13-15-46(24-34(54)55)17-19-48(26-36(58)59)20-18-47(16-14-45)25-35(56)57/h7,9,21,28-29H,1-6,8,10-20,22-26H2,(H,41,50)(H,52,53)(H,54,55)(H,56,57)(H,58,59)(H,60,61)(H,62,63)(H2,43,44,64). The van der Waals surface area contributed by atoms with Crippen LogP contribution in [-0.4, -0.2) is 217 Å². The lowest BCUT2D eigenvalue weighted by Gasteiger charge is -2.32. The molecule has 2 heterocycles. The van der Waals surface area contributed by atoms with Gasteiger partial charge in [0, 0.05) is 91.0 Å². The smallest absolute Gasteiger partial charge is 0.326 e. The summed E-state index contributed by atoms with van der Waals surface area (Å²) in [7, 11) is 0. The van der Waals surface area contributed by atoms with Crippen LogP contribution in [0.25, 0.3) is 0 Å². The van der Waals surface area contributed by atoms with Crippen LogP contribution in [0.4, 0.5) is 4.79 Å². The number of carboxylic acids is 6. The molecule has 0 aliphatic carbocycles. The molecule has 1 aromatic heterocycles. The Morgan fingerprint density at radius 1 is 0.609 bits per heavy atom. The van der Waals surface area contributed by atoms with Crippen molar-refractivity contribution >= 4 is 69.6 Å². The van der Waals surface area contributed by atoms with Crippen LogP contribution in [0, 0.1) is 0 Å². The van der Waals surface area contributed by atoms with Crippen LogP contribution in [0.1, 0.15) is 56.9 Å². The van der Waals surface area contributed by atoms with E-state index in [9.17, 15) is 68.7 Å². The fourth-order valence-electron chi connectivity index (χ4n) is 6.64. The SMILES string of the molecule is O=C(O)CCC(NC(=O)NC(CCCCN(Cc1ccc(Br)nc1)C(=O)CCCCNC(=O)CN1CCN(CC(=O)O)CCN(CC(=O)O)CCN(CC(=O)O)CC1)C(=O)O)C(=O)O. The van der Waals surface area contributed by atoms with Gasteiger partial charge in [0.25, 0.3) is 0 Å². The van der Waals surface area contributed by atoms with Gasteiger partial charge < -0.3 is 51.5 Å². The van der Waals surface area contributed by atoms with E-state index in [0.717, 1.165) is 5.56 Å². The molecule has 1 fully saturated rings. The minimum Gasteiger partial charge on any atom is -0.481 e. The van der Waals surface area contributed by atoms with Gasteiger partial charge in [-0.25, -0.2) is 19.4 Å². The second-order valence-electron chi connectivity index (χ2n) is 15.2. The summed E-state index contributed by atoms with van der Waals surface area (Å²) >= 11 is 3.28. The number of amides is 4. The molecule has 0 saturated carbocycles. The highest BCUT2D eigenvalue weighted by molar-refractivity contribution is 9.10. The molecule has 1 saturated heterocycles. The lowest BCUT2D eigenvalue weighted by Crippen LogP contribution is -2.51. The monoisotopic (exact) mass is 973 g/mol. The van der Waals surface area contributed by atoms with E-state index in [2.05, 4.69) is 36.9 Å². The fourth-order valence-corrected chi connectivity index (χ4v) is 6.87. The zero-order valence-corrected chi connectivity index (χ0v) is 37.2. The largest absolute Gasteiger partial charge is 0.481 e. The number of unbranched alkanes of at least 4 members (excludes halogenated alkanes) is 2. The first-order valence-corrected chi connectivity index (χ1v) is 21.5. The van der Waals surface area contributed by atoms with Gasteiger partial charge in [0.15, 0.2) is 0 Å². The number of hydrogen-bond acceptors (Lipinski definition) is 14. The maximum atomic E-state index is 13.5. The van der Waals surface area contributed by atoms with E-state index in [1.54, 1.807) is 42.8 Å². The average Bonchev–Trinajstić information content (AvgIpc) is 3.20. The third kappa shape index (κ3) is 24.4. The van der Waals surface area contributed by atoms with Crippen molar-refractivity contribution in [3.63, 3.8) is 0 Å². The number of nitrogens with one attached hydrogen (secondary N) is 3. The van der Waals surface area contributed by atoms with Gasteiger partial charge in [-0.2, -0.15) is 0 Å². The Kier molecular flexibility index (Phi) is 25.4. The van der Waals surface area contributed by atoms with E-state index in [1.165, 1.54) is 0 Å². The molecular weight excluding hydrogens is 914 g/mol. The molecule has 1 aromatic rings. The van der Waals surface area contributed by atoms with Gasteiger partial charge in [0.1, 0.15) is 16.7 Å². The minimum atomic E-state index is -1.55. The van der Waals surface area contributed by atoms with Crippen LogP contribution in [0.3, 0.4) is 0 Å². The average molecular weight is 975 g/mol. The number of rotatable bonds is 27. The van der Waals surface area contributed by atoms with E-state index in [-0.39, 0.29) is 129 Å². The van der Waals surface area contributed by atoms with Crippen molar-refractivity contribution in [3.8, 4) is 0 Å². The third-order valence-corrected chi connectivity index (χ3v) is 10.5. The summed E-state index contributed by atoms with van der Waals surface area (Å²) in [6.45, 7) is 1.82. The highest BCUT2D eigenvalue weighted by atomic mass is 79.9. The second kappa shape index (κ2) is 29.8. The van der Waals surface area contributed by atoms with Crippen molar-refractivity contribution in [2.45, 2.75) is 70.0 Å². The Balaban J connectivity index is 1.96. The number of halogens is 1. The number of nitrogens with zero attached hydrogens (tertiary/aromatic N) is 6. The topological polar surface area (TPSA) is 340 Å². The van der Waals surface area contributed by atoms with Gasteiger partial charge in [-0.3, -0.25) is 48.4 Å². The number of aliphatic carboxylic acids is 6. The zero-order valence-electron chi connectivity index (χ0n) is 35.6. The van der Waals surface area contributed by atoms with Crippen LogP contribution in [0.15, 0.2) is 22.9 Å². The van der Waals surface area contributed by atoms with Gasteiger partial charge in [0.2, 0.25) is 11.8 Å². The number of hydrogen-bond donors (Lipinski definition) is 9. The molecule has 0 radical (unpaired) electrons. The lowest BCUT2D eigenvalue weighted by molar-refractivity contribution is -0.141. The van der Waals surface area contributed by atoms with Gasteiger partial charge in [-0.05, 0) is 66.1 Å². The summed E-state index contributed by atoms with van der Waals surface area (Å²) < 4.78 is 0.596. The van der Waals surface area contributed by atoms with E-state index in [1.807, 2.05) is 0 Å². The fraction of sp³-hybridized carbons (Fsp3) is 0.641. The summed E-state index contributed by atoms with van der Waals surface area (Å²) in [5.41, 5.74) is 0.737. The summed E-state index contributed by atoms with van der Waals surface area (Å²) in [6.07, 6.45) is 2.20. The zero-order chi connectivity index (χ0) is 47.6. The van der Waals surface area contributed by atoms with E-state index in [0.29, 0.717) is 23.9 Å². The van der Waals surface area contributed by atoms with Crippen LogP contribution < -0.4 is 16.0 Å². The molecule has 2 atom stereocenters. The molecular formula is C39H60BrN9O15. The molecule has 2 unspecified atom stereocenters. The molecule has 25 heteroatoms. The maximum absolute atomic E-state index is 13.5. The second-order valence-corrected chi connectivity index (χ2v) is 16.0. The van der Waals surface area contributed by atoms with Gasteiger partial charge in [-0.15, -0.1) is 0 Å². The third-order valence-electron chi connectivity index (χ3n) is 10.1. The molecule has 358 valence electrons. The van der Waals surface area contributed by atoms with Crippen molar-refractivity contribution in [1.82, 2.24) is 45.4 Å². The number of carbonyl (C=O) groups is 9. The Hall–Kier alpha value is -5.50. The molecule has 24 nitrogen and oxygen atoms in total. The van der Waals surface area contributed by atoms with Crippen molar-refractivity contribution in [1.29, 1.82) is 0 Å². The summed E-state index contributed by atoms with van der Waals surface area (Å²) in [5, 5.41) is 63.2. The first-order chi connectivity index (χ1) is 30.3. The molecule has 1 aliphatic rings. The molecule has 0 spiro atoms. The highest BCUT2D eigenvalue weighted by Crippen LogP contribution is 2.13. The number of carbonyl (C=O) groups excluding carboxylic acids is 3. The number of pyridine rings is 1. The molecule has 9 N–H and O–H groups in total. The molecule has 64 heavy (non-hydrogen) atoms. The van der Waals surface area contributed by atoms with E-state index in [4.69, 9.17) is 5.11 Å². The van der Waals surface area contributed by atoms with Gasteiger partial charge in [0.05, 0.1) is 26.2 Å².